The molecule has 0 saturated carbocycles. The first kappa shape index (κ1) is 15.7. The SMILES string of the molecule is COc1cc2ccc(OC)c(OC)c2cc1C=CCCC#N. The lowest BCUT2D eigenvalue weighted by Crippen LogP contribution is -1.93. The molecule has 22 heavy (non-hydrogen) atoms. The smallest absolute Gasteiger partial charge is 0.168 e. The van der Waals surface area contributed by atoms with Crippen LogP contribution in [0.1, 0.15) is 18.4 Å². The summed E-state index contributed by atoms with van der Waals surface area (Å²) in [6, 6.07) is 9.96. The fourth-order valence-corrected chi connectivity index (χ4v) is 2.36. The molecule has 2 rings (SSSR count). The van der Waals surface area contributed by atoms with Gasteiger partial charge in [-0.1, -0.05) is 18.2 Å². The second-order valence-electron chi connectivity index (χ2n) is 4.72. The summed E-state index contributed by atoms with van der Waals surface area (Å²) in [7, 11) is 4.90. The van der Waals surface area contributed by atoms with Crippen LogP contribution in [0.25, 0.3) is 16.8 Å². The molecule has 114 valence electrons. The Morgan fingerprint density at radius 2 is 1.82 bits per heavy atom. The molecule has 2 aromatic rings. The molecule has 0 fully saturated rings. The van der Waals surface area contributed by atoms with Crippen LogP contribution in [0.15, 0.2) is 30.3 Å². The summed E-state index contributed by atoms with van der Waals surface area (Å²) in [6.07, 6.45) is 5.16. The van der Waals surface area contributed by atoms with E-state index in [4.69, 9.17) is 19.5 Å². The Hall–Kier alpha value is -2.67. The monoisotopic (exact) mass is 297 g/mol. The number of benzene rings is 2. The van der Waals surface area contributed by atoms with Gasteiger partial charge in [-0.2, -0.15) is 5.26 Å². The molecule has 0 bridgehead atoms. The van der Waals surface area contributed by atoms with Gasteiger partial charge in [-0.15, -0.1) is 0 Å². The van der Waals surface area contributed by atoms with Gasteiger partial charge in [0.2, 0.25) is 0 Å². The normalized spacial score (nSPS) is 10.6. The van der Waals surface area contributed by atoms with Crippen molar-refractivity contribution in [3.05, 3.63) is 35.9 Å². The minimum absolute atomic E-state index is 0.504. The molecular formula is C18H19NO3. The molecule has 4 heteroatoms. The molecule has 0 heterocycles. The van der Waals surface area contributed by atoms with Gasteiger partial charge < -0.3 is 14.2 Å². The summed E-state index contributed by atoms with van der Waals surface area (Å²) >= 11 is 0. The molecule has 0 spiro atoms. The highest BCUT2D eigenvalue weighted by molar-refractivity contribution is 5.94. The van der Waals surface area contributed by atoms with Crippen molar-refractivity contribution in [2.45, 2.75) is 12.8 Å². The highest BCUT2D eigenvalue weighted by Crippen LogP contribution is 2.38. The molecule has 0 aliphatic heterocycles. The third kappa shape index (κ3) is 3.15. The largest absolute Gasteiger partial charge is 0.496 e. The maximum absolute atomic E-state index is 8.59. The van der Waals surface area contributed by atoms with E-state index in [9.17, 15) is 0 Å². The third-order valence-corrected chi connectivity index (χ3v) is 3.43. The second kappa shape index (κ2) is 7.37. The van der Waals surface area contributed by atoms with E-state index in [-0.39, 0.29) is 0 Å². The predicted molar refractivity (Wildman–Crippen MR) is 87.5 cm³/mol. The summed E-state index contributed by atoms with van der Waals surface area (Å²) in [5, 5.41) is 10.6. The van der Waals surface area contributed by atoms with Gasteiger partial charge >= 0.3 is 0 Å². The van der Waals surface area contributed by atoms with E-state index in [1.807, 2.05) is 36.4 Å². The molecule has 0 aliphatic rings. The molecular weight excluding hydrogens is 278 g/mol. The number of unbranched alkanes of at least 4 members (excludes halogenated alkanes) is 1. The van der Waals surface area contributed by atoms with Gasteiger partial charge in [-0.05, 0) is 30.0 Å². The van der Waals surface area contributed by atoms with E-state index in [0.717, 1.165) is 22.1 Å². The highest BCUT2D eigenvalue weighted by Gasteiger charge is 2.11. The van der Waals surface area contributed by atoms with E-state index in [2.05, 4.69) is 6.07 Å². The Labute approximate surface area is 130 Å². The molecule has 0 radical (unpaired) electrons. The minimum Gasteiger partial charge on any atom is -0.496 e. The zero-order valence-corrected chi connectivity index (χ0v) is 13.1. The number of ether oxygens (including phenoxy) is 3. The standard InChI is InChI=1S/C18H19NO3/c1-20-16-9-8-13-12-17(21-2)14(7-5-4-6-10-19)11-15(13)18(16)22-3/h5,7-9,11-12H,4,6H2,1-3H3. The number of allylic oxidation sites excluding steroid dienone is 1. The third-order valence-electron chi connectivity index (χ3n) is 3.43. The van der Waals surface area contributed by atoms with Gasteiger partial charge in [0.25, 0.3) is 0 Å². The molecule has 0 amide bonds. The van der Waals surface area contributed by atoms with Crippen LogP contribution in [-0.2, 0) is 0 Å². The van der Waals surface area contributed by atoms with Crippen molar-refractivity contribution < 1.29 is 14.2 Å². The van der Waals surface area contributed by atoms with E-state index in [0.29, 0.717) is 24.3 Å². The zero-order chi connectivity index (χ0) is 15.9. The Morgan fingerprint density at radius 1 is 1.05 bits per heavy atom. The maximum atomic E-state index is 8.59. The van der Waals surface area contributed by atoms with Crippen LogP contribution >= 0.6 is 0 Å². The Bertz CT molecular complexity index is 729. The van der Waals surface area contributed by atoms with Crippen LogP contribution in [0.5, 0.6) is 17.2 Å². The molecule has 4 nitrogen and oxygen atoms in total. The Kier molecular flexibility index (Phi) is 5.26. The Morgan fingerprint density at radius 3 is 2.45 bits per heavy atom. The van der Waals surface area contributed by atoms with Gasteiger partial charge in [-0.3, -0.25) is 0 Å². The summed E-state index contributed by atoms with van der Waals surface area (Å²) in [6.45, 7) is 0. The molecule has 0 unspecified atom stereocenters. The topological polar surface area (TPSA) is 51.5 Å². The number of rotatable bonds is 6. The number of hydrogen-bond acceptors (Lipinski definition) is 4. The van der Waals surface area contributed by atoms with E-state index >= 15 is 0 Å². The molecule has 0 atom stereocenters. The van der Waals surface area contributed by atoms with E-state index < -0.39 is 0 Å². The summed E-state index contributed by atoms with van der Waals surface area (Å²) in [5.41, 5.74) is 0.944. The van der Waals surface area contributed by atoms with Crippen molar-refractivity contribution in [2.75, 3.05) is 21.3 Å². The van der Waals surface area contributed by atoms with Crippen molar-refractivity contribution in [1.82, 2.24) is 0 Å². The summed E-state index contributed by atoms with van der Waals surface area (Å²) in [5.74, 6) is 2.18. The van der Waals surface area contributed by atoms with Crippen LogP contribution in [-0.4, -0.2) is 21.3 Å². The average molecular weight is 297 g/mol. The van der Waals surface area contributed by atoms with Crippen LogP contribution in [0.4, 0.5) is 0 Å². The molecule has 0 aromatic heterocycles. The zero-order valence-electron chi connectivity index (χ0n) is 13.1. The summed E-state index contributed by atoms with van der Waals surface area (Å²) < 4.78 is 16.3. The predicted octanol–water partition coefficient (Wildman–Crippen LogP) is 4.18. The highest BCUT2D eigenvalue weighted by atomic mass is 16.5. The van der Waals surface area contributed by atoms with Crippen molar-refractivity contribution >= 4 is 16.8 Å². The van der Waals surface area contributed by atoms with Crippen LogP contribution in [0.3, 0.4) is 0 Å². The van der Waals surface area contributed by atoms with Gasteiger partial charge in [0.1, 0.15) is 5.75 Å². The first-order chi connectivity index (χ1) is 10.7. The number of nitrogens with zero attached hydrogens (tertiary/aromatic N) is 1. The molecule has 0 saturated heterocycles. The number of fused-ring (bicyclic) bond motifs is 1. The first-order valence-electron chi connectivity index (χ1n) is 7.01. The fourth-order valence-electron chi connectivity index (χ4n) is 2.36. The lowest BCUT2D eigenvalue weighted by atomic mass is 10.0. The minimum atomic E-state index is 0.504. The van der Waals surface area contributed by atoms with Crippen LogP contribution in [0, 0.1) is 11.3 Å². The lowest BCUT2D eigenvalue weighted by Gasteiger charge is -2.13. The number of methoxy groups -OCH3 is 3. The van der Waals surface area contributed by atoms with Gasteiger partial charge in [0.05, 0.1) is 27.4 Å². The molecule has 0 N–H and O–H groups in total. The maximum Gasteiger partial charge on any atom is 0.168 e. The molecule has 2 aromatic carbocycles. The first-order valence-corrected chi connectivity index (χ1v) is 7.01. The van der Waals surface area contributed by atoms with Crippen LogP contribution < -0.4 is 14.2 Å². The lowest BCUT2D eigenvalue weighted by molar-refractivity contribution is 0.358. The van der Waals surface area contributed by atoms with E-state index in [1.54, 1.807) is 21.3 Å². The Balaban J connectivity index is 2.55. The van der Waals surface area contributed by atoms with Gasteiger partial charge in [0, 0.05) is 17.4 Å². The summed E-state index contributed by atoms with van der Waals surface area (Å²) in [4.78, 5) is 0. The quantitative estimate of drug-likeness (QED) is 0.750. The average Bonchev–Trinajstić information content (AvgIpc) is 2.56. The fraction of sp³-hybridized carbons (Fsp3) is 0.278. The van der Waals surface area contributed by atoms with E-state index in [1.165, 1.54) is 0 Å². The van der Waals surface area contributed by atoms with Gasteiger partial charge in [-0.25, -0.2) is 0 Å². The van der Waals surface area contributed by atoms with Crippen LogP contribution in [0.2, 0.25) is 0 Å². The van der Waals surface area contributed by atoms with Gasteiger partial charge in [0.15, 0.2) is 11.5 Å². The second-order valence-corrected chi connectivity index (χ2v) is 4.72. The van der Waals surface area contributed by atoms with Crippen molar-refractivity contribution in [1.29, 1.82) is 5.26 Å². The van der Waals surface area contributed by atoms with Crippen molar-refractivity contribution in [2.24, 2.45) is 0 Å². The van der Waals surface area contributed by atoms with Crippen molar-refractivity contribution in [3.8, 4) is 23.3 Å². The number of nitriles is 1. The number of hydrogen-bond donors (Lipinski definition) is 0. The molecule has 0 aliphatic carbocycles. The van der Waals surface area contributed by atoms with Crippen molar-refractivity contribution in [3.63, 3.8) is 0 Å².